The molecule has 0 rings (SSSR count). The van der Waals surface area contributed by atoms with Crippen LogP contribution >= 0.6 is 0 Å². The molecule has 0 amide bonds. The zero-order chi connectivity index (χ0) is 8.53. The van der Waals surface area contributed by atoms with Crippen molar-refractivity contribution in [2.75, 3.05) is 13.2 Å². The van der Waals surface area contributed by atoms with E-state index in [-0.39, 0.29) is 6.61 Å². The van der Waals surface area contributed by atoms with Crippen LogP contribution in [0.25, 0.3) is 0 Å². The minimum atomic E-state index is 0.283. The molecule has 0 heterocycles. The molecule has 0 aromatic rings. The van der Waals surface area contributed by atoms with Crippen LogP contribution in [0.5, 0.6) is 0 Å². The molecular weight excluding hydrogens is 140 g/mol. The minimum Gasteiger partial charge on any atom is -0.396 e. The molecule has 0 aromatic heterocycles. The summed E-state index contributed by atoms with van der Waals surface area (Å²) in [4.78, 5) is 0. The third-order valence-electron chi connectivity index (χ3n) is 1.65. The third-order valence-corrected chi connectivity index (χ3v) is 1.65. The van der Waals surface area contributed by atoms with Gasteiger partial charge in [-0.2, -0.15) is 0 Å². The quantitative estimate of drug-likeness (QED) is 0.577. The van der Waals surface area contributed by atoms with Crippen molar-refractivity contribution in [1.82, 2.24) is 0 Å². The molecule has 1 unspecified atom stereocenters. The fourth-order valence-electron chi connectivity index (χ4n) is 0.988. The predicted molar refractivity (Wildman–Crippen MR) is 46.6 cm³/mol. The largest absolute Gasteiger partial charge is 0.396 e. The summed E-state index contributed by atoms with van der Waals surface area (Å²) in [7, 11) is 0. The van der Waals surface area contributed by atoms with E-state index in [2.05, 4.69) is 13.8 Å². The summed E-state index contributed by atoms with van der Waals surface area (Å²) in [5.41, 5.74) is 0. The Morgan fingerprint density at radius 1 is 1.36 bits per heavy atom. The molecule has 2 heteroatoms. The van der Waals surface area contributed by atoms with E-state index >= 15 is 0 Å². The molecule has 68 valence electrons. The van der Waals surface area contributed by atoms with Gasteiger partial charge < -0.3 is 9.84 Å². The highest BCUT2D eigenvalue weighted by Crippen LogP contribution is 2.01. The van der Waals surface area contributed by atoms with Crippen molar-refractivity contribution in [1.29, 1.82) is 0 Å². The Labute approximate surface area is 69.6 Å². The van der Waals surface area contributed by atoms with Gasteiger partial charge >= 0.3 is 0 Å². The van der Waals surface area contributed by atoms with E-state index in [0.717, 1.165) is 25.9 Å². The summed E-state index contributed by atoms with van der Waals surface area (Å²) >= 11 is 0. The van der Waals surface area contributed by atoms with E-state index in [9.17, 15) is 0 Å². The second-order valence-corrected chi connectivity index (χ2v) is 2.90. The maximum atomic E-state index is 8.48. The topological polar surface area (TPSA) is 29.5 Å². The van der Waals surface area contributed by atoms with Crippen LogP contribution in [0.2, 0.25) is 0 Å². The summed E-state index contributed by atoms with van der Waals surface area (Å²) in [6.45, 7) is 5.34. The van der Waals surface area contributed by atoms with Gasteiger partial charge in [0.2, 0.25) is 0 Å². The van der Waals surface area contributed by atoms with Crippen molar-refractivity contribution in [3.8, 4) is 0 Å². The van der Waals surface area contributed by atoms with Crippen LogP contribution in [-0.4, -0.2) is 24.4 Å². The van der Waals surface area contributed by atoms with Crippen LogP contribution in [0.4, 0.5) is 0 Å². The second kappa shape index (κ2) is 8.02. The lowest BCUT2D eigenvalue weighted by Crippen LogP contribution is -2.08. The van der Waals surface area contributed by atoms with Gasteiger partial charge in [0, 0.05) is 13.2 Å². The van der Waals surface area contributed by atoms with Crippen molar-refractivity contribution in [2.24, 2.45) is 0 Å². The van der Waals surface area contributed by atoms with Gasteiger partial charge in [0.15, 0.2) is 0 Å². The average molecular weight is 160 g/mol. The number of rotatable bonds is 7. The Kier molecular flexibility index (Phi) is 7.96. The van der Waals surface area contributed by atoms with Crippen LogP contribution in [0, 0.1) is 0 Å². The van der Waals surface area contributed by atoms with Crippen molar-refractivity contribution in [3.63, 3.8) is 0 Å². The van der Waals surface area contributed by atoms with Gasteiger partial charge in [-0.25, -0.2) is 0 Å². The summed E-state index contributed by atoms with van der Waals surface area (Å²) in [5, 5.41) is 8.48. The van der Waals surface area contributed by atoms with Gasteiger partial charge in [0.05, 0.1) is 6.10 Å². The Morgan fingerprint density at radius 2 is 2.09 bits per heavy atom. The molecule has 11 heavy (non-hydrogen) atoms. The minimum absolute atomic E-state index is 0.283. The van der Waals surface area contributed by atoms with E-state index < -0.39 is 0 Å². The van der Waals surface area contributed by atoms with Crippen LogP contribution in [0.15, 0.2) is 0 Å². The lowest BCUT2D eigenvalue weighted by molar-refractivity contribution is 0.0550. The normalized spacial score (nSPS) is 13.4. The first-order valence-electron chi connectivity index (χ1n) is 4.53. The number of aliphatic hydroxyl groups is 1. The summed E-state index contributed by atoms with van der Waals surface area (Å²) in [5.74, 6) is 0. The SMILES string of the molecule is CCCC(C)OCCCCO. The van der Waals surface area contributed by atoms with Crippen molar-refractivity contribution >= 4 is 0 Å². The fraction of sp³-hybridized carbons (Fsp3) is 1.00. The van der Waals surface area contributed by atoms with Crippen LogP contribution < -0.4 is 0 Å². The van der Waals surface area contributed by atoms with Gasteiger partial charge in [0.25, 0.3) is 0 Å². The fourth-order valence-corrected chi connectivity index (χ4v) is 0.988. The van der Waals surface area contributed by atoms with Crippen molar-refractivity contribution in [3.05, 3.63) is 0 Å². The summed E-state index contributed by atoms with van der Waals surface area (Å²) in [6, 6.07) is 0. The molecule has 0 radical (unpaired) electrons. The molecule has 0 aromatic carbocycles. The first kappa shape index (κ1) is 10.9. The third kappa shape index (κ3) is 7.82. The zero-order valence-electron chi connectivity index (χ0n) is 7.68. The smallest absolute Gasteiger partial charge is 0.0546 e. The van der Waals surface area contributed by atoms with Gasteiger partial charge in [0.1, 0.15) is 0 Å². The summed E-state index contributed by atoms with van der Waals surface area (Å²) in [6.07, 6.45) is 4.54. The molecule has 1 N–H and O–H groups in total. The molecule has 0 saturated heterocycles. The van der Waals surface area contributed by atoms with E-state index in [4.69, 9.17) is 9.84 Å². The maximum Gasteiger partial charge on any atom is 0.0546 e. The van der Waals surface area contributed by atoms with Gasteiger partial charge in [-0.05, 0) is 26.2 Å². The Balaban J connectivity index is 2.97. The van der Waals surface area contributed by atoms with Crippen LogP contribution in [-0.2, 0) is 4.74 Å². The van der Waals surface area contributed by atoms with E-state index in [1.165, 1.54) is 6.42 Å². The highest BCUT2D eigenvalue weighted by molar-refractivity contribution is 4.47. The number of aliphatic hydroxyl groups excluding tert-OH is 1. The van der Waals surface area contributed by atoms with Crippen molar-refractivity contribution in [2.45, 2.75) is 45.6 Å². The Hall–Kier alpha value is -0.0800. The monoisotopic (exact) mass is 160 g/mol. The van der Waals surface area contributed by atoms with Gasteiger partial charge in [-0.3, -0.25) is 0 Å². The summed E-state index contributed by atoms with van der Waals surface area (Å²) < 4.78 is 5.47. The molecule has 0 bridgehead atoms. The molecule has 1 atom stereocenters. The molecule has 0 fully saturated rings. The number of hydrogen-bond acceptors (Lipinski definition) is 2. The second-order valence-electron chi connectivity index (χ2n) is 2.90. The van der Waals surface area contributed by atoms with Gasteiger partial charge in [-0.1, -0.05) is 13.3 Å². The Bertz CT molecular complexity index is 74.0. The molecule has 2 nitrogen and oxygen atoms in total. The van der Waals surface area contributed by atoms with Crippen LogP contribution in [0.1, 0.15) is 39.5 Å². The maximum absolute atomic E-state index is 8.48. The molecule has 0 aliphatic carbocycles. The van der Waals surface area contributed by atoms with Crippen LogP contribution in [0.3, 0.4) is 0 Å². The number of unbranched alkanes of at least 4 members (excludes halogenated alkanes) is 1. The predicted octanol–water partition coefficient (Wildman–Crippen LogP) is 1.96. The first-order valence-corrected chi connectivity index (χ1v) is 4.53. The highest BCUT2D eigenvalue weighted by atomic mass is 16.5. The molecule has 0 spiro atoms. The first-order chi connectivity index (χ1) is 5.31. The molecule has 0 aliphatic heterocycles. The lowest BCUT2D eigenvalue weighted by Gasteiger charge is -2.10. The van der Waals surface area contributed by atoms with Gasteiger partial charge in [-0.15, -0.1) is 0 Å². The molecule has 0 aliphatic rings. The standard InChI is InChI=1S/C9H20O2/c1-3-6-9(2)11-8-5-4-7-10/h9-10H,3-8H2,1-2H3. The number of hydrogen-bond donors (Lipinski definition) is 1. The highest BCUT2D eigenvalue weighted by Gasteiger charge is 1.98. The van der Waals surface area contributed by atoms with Crippen molar-refractivity contribution < 1.29 is 9.84 Å². The zero-order valence-corrected chi connectivity index (χ0v) is 7.68. The van der Waals surface area contributed by atoms with E-state index in [0.29, 0.717) is 6.10 Å². The Morgan fingerprint density at radius 3 is 2.64 bits per heavy atom. The molecular formula is C9H20O2. The lowest BCUT2D eigenvalue weighted by atomic mass is 10.2. The van der Waals surface area contributed by atoms with E-state index in [1.54, 1.807) is 0 Å². The number of ether oxygens (including phenoxy) is 1. The average Bonchev–Trinajstić information content (AvgIpc) is 1.99. The molecule has 0 saturated carbocycles. The van der Waals surface area contributed by atoms with E-state index in [1.807, 2.05) is 0 Å².